The number of anilines is 1. The molecule has 1 aliphatic heterocycles. The van der Waals surface area contributed by atoms with Gasteiger partial charge in [0, 0.05) is 30.6 Å². The SMILES string of the molecule is COc1ccc([C@@H](C)NCC(=O)Nc2ccc3c(c2)OC2(CCCCC2)O3)cc1F. The molecule has 160 valence electrons. The van der Waals surface area contributed by atoms with Crippen molar-refractivity contribution in [3.8, 4) is 17.2 Å². The van der Waals surface area contributed by atoms with Crippen molar-refractivity contribution in [2.24, 2.45) is 0 Å². The molecule has 0 radical (unpaired) electrons. The number of nitrogens with one attached hydrogen (secondary N) is 2. The smallest absolute Gasteiger partial charge is 0.251 e. The first kappa shape index (κ1) is 20.5. The molecular weight excluding hydrogens is 387 g/mol. The molecule has 0 aromatic heterocycles. The van der Waals surface area contributed by atoms with Crippen LogP contribution in [0.5, 0.6) is 17.2 Å². The summed E-state index contributed by atoms with van der Waals surface area (Å²) in [4.78, 5) is 12.4. The van der Waals surface area contributed by atoms with Gasteiger partial charge in [-0.3, -0.25) is 4.79 Å². The Morgan fingerprint density at radius 3 is 2.63 bits per heavy atom. The molecule has 0 saturated heterocycles. The van der Waals surface area contributed by atoms with E-state index in [1.54, 1.807) is 18.2 Å². The van der Waals surface area contributed by atoms with Gasteiger partial charge in [0.05, 0.1) is 13.7 Å². The Morgan fingerprint density at radius 2 is 1.90 bits per heavy atom. The Hall–Kier alpha value is -2.80. The number of carbonyl (C=O) groups excluding carboxylic acids is 1. The summed E-state index contributed by atoms with van der Waals surface area (Å²) in [5.41, 5.74) is 1.39. The van der Waals surface area contributed by atoms with Gasteiger partial charge >= 0.3 is 0 Å². The molecule has 2 N–H and O–H groups in total. The number of hydrogen-bond acceptors (Lipinski definition) is 5. The molecule has 2 aromatic carbocycles. The number of ether oxygens (including phenoxy) is 3. The van der Waals surface area contributed by atoms with Crippen LogP contribution in [0.15, 0.2) is 36.4 Å². The summed E-state index contributed by atoms with van der Waals surface area (Å²) in [6.07, 6.45) is 5.17. The van der Waals surface area contributed by atoms with Crippen LogP contribution in [0.1, 0.15) is 50.6 Å². The molecule has 1 heterocycles. The van der Waals surface area contributed by atoms with Crippen molar-refractivity contribution in [2.45, 2.75) is 50.9 Å². The minimum Gasteiger partial charge on any atom is -0.494 e. The number of amides is 1. The Labute approximate surface area is 175 Å². The van der Waals surface area contributed by atoms with Crippen LogP contribution >= 0.6 is 0 Å². The summed E-state index contributed by atoms with van der Waals surface area (Å²) < 4.78 is 31.0. The molecule has 2 aromatic rings. The largest absolute Gasteiger partial charge is 0.494 e. The van der Waals surface area contributed by atoms with Gasteiger partial charge in [-0.05, 0) is 49.6 Å². The van der Waals surface area contributed by atoms with Crippen LogP contribution in [0.2, 0.25) is 0 Å². The van der Waals surface area contributed by atoms with Gasteiger partial charge in [0.2, 0.25) is 5.91 Å². The molecule has 30 heavy (non-hydrogen) atoms. The summed E-state index contributed by atoms with van der Waals surface area (Å²) in [5, 5.41) is 5.98. The monoisotopic (exact) mass is 414 g/mol. The van der Waals surface area contributed by atoms with E-state index in [1.807, 2.05) is 19.1 Å². The fourth-order valence-electron chi connectivity index (χ4n) is 3.99. The van der Waals surface area contributed by atoms with E-state index < -0.39 is 11.6 Å². The zero-order valence-corrected chi connectivity index (χ0v) is 17.3. The minimum atomic E-state index is -0.534. The average Bonchev–Trinajstić information content (AvgIpc) is 3.08. The maximum Gasteiger partial charge on any atom is 0.251 e. The molecule has 0 unspecified atom stereocenters. The molecule has 1 fully saturated rings. The van der Waals surface area contributed by atoms with Gasteiger partial charge in [0.15, 0.2) is 23.1 Å². The highest BCUT2D eigenvalue weighted by atomic mass is 19.1. The molecule has 6 nitrogen and oxygen atoms in total. The highest BCUT2D eigenvalue weighted by molar-refractivity contribution is 5.92. The number of fused-ring (bicyclic) bond motifs is 1. The molecule has 1 spiro atoms. The highest BCUT2D eigenvalue weighted by Crippen LogP contribution is 2.46. The molecule has 4 rings (SSSR count). The number of rotatable bonds is 6. The molecular formula is C23H27FN2O4. The van der Waals surface area contributed by atoms with Crippen LogP contribution in [0.3, 0.4) is 0 Å². The molecule has 0 bridgehead atoms. The van der Waals surface area contributed by atoms with Gasteiger partial charge in [0.25, 0.3) is 5.79 Å². The lowest BCUT2D eigenvalue weighted by atomic mass is 9.94. The van der Waals surface area contributed by atoms with Crippen LogP contribution in [-0.2, 0) is 4.79 Å². The summed E-state index contributed by atoms with van der Waals surface area (Å²) in [6.45, 7) is 1.96. The molecule has 2 aliphatic rings. The van der Waals surface area contributed by atoms with Gasteiger partial charge in [-0.25, -0.2) is 4.39 Å². The number of methoxy groups -OCH3 is 1. The first-order valence-electron chi connectivity index (χ1n) is 10.4. The fourth-order valence-corrected chi connectivity index (χ4v) is 3.99. The van der Waals surface area contributed by atoms with E-state index in [0.29, 0.717) is 11.4 Å². The van der Waals surface area contributed by atoms with Crippen molar-refractivity contribution < 1.29 is 23.4 Å². The normalized spacial score (nSPS) is 17.6. The Balaban J connectivity index is 1.32. The second-order valence-corrected chi connectivity index (χ2v) is 7.88. The van der Waals surface area contributed by atoms with E-state index in [9.17, 15) is 9.18 Å². The van der Waals surface area contributed by atoms with Gasteiger partial charge in [-0.2, -0.15) is 0 Å². The van der Waals surface area contributed by atoms with Crippen LogP contribution in [0.4, 0.5) is 10.1 Å². The third-order valence-electron chi connectivity index (χ3n) is 5.68. The Morgan fingerprint density at radius 1 is 1.13 bits per heavy atom. The predicted octanol–water partition coefficient (Wildman–Crippen LogP) is 4.56. The van der Waals surface area contributed by atoms with Crippen LogP contribution in [0, 0.1) is 5.82 Å². The topological polar surface area (TPSA) is 68.8 Å². The highest BCUT2D eigenvalue weighted by Gasteiger charge is 2.42. The third-order valence-corrected chi connectivity index (χ3v) is 5.68. The first-order chi connectivity index (χ1) is 14.5. The van der Waals surface area contributed by atoms with Crippen molar-refractivity contribution in [2.75, 3.05) is 19.0 Å². The van der Waals surface area contributed by atoms with E-state index in [4.69, 9.17) is 14.2 Å². The van der Waals surface area contributed by atoms with E-state index in [2.05, 4.69) is 10.6 Å². The predicted molar refractivity (Wildman–Crippen MR) is 112 cm³/mol. The van der Waals surface area contributed by atoms with Crippen molar-refractivity contribution >= 4 is 11.6 Å². The van der Waals surface area contributed by atoms with E-state index in [-0.39, 0.29) is 24.2 Å². The number of halogens is 1. The second-order valence-electron chi connectivity index (χ2n) is 7.88. The second kappa shape index (κ2) is 8.52. The van der Waals surface area contributed by atoms with Crippen LogP contribution < -0.4 is 24.8 Å². The van der Waals surface area contributed by atoms with Gasteiger partial charge in [-0.15, -0.1) is 0 Å². The summed E-state index contributed by atoms with van der Waals surface area (Å²) in [5.74, 6) is 0.439. The van der Waals surface area contributed by atoms with Crippen molar-refractivity contribution in [1.82, 2.24) is 5.32 Å². The molecule has 1 atom stereocenters. The van der Waals surface area contributed by atoms with Gasteiger partial charge < -0.3 is 24.8 Å². The lowest BCUT2D eigenvalue weighted by Gasteiger charge is -2.31. The maximum atomic E-state index is 13.9. The lowest BCUT2D eigenvalue weighted by molar-refractivity contribution is -0.115. The molecule has 1 aliphatic carbocycles. The van der Waals surface area contributed by atoms with E-state index in [1.165, 1.54) is 19.6 Å². The van der Waals surface area contributed by atoms with Crippen molar-refractivity contribution in [1.29, 1.82) is 0 Å². The first-order valence-corrected chi connectivity index (χ1v) is 10.4. The van der Waals surface area contributed by atoms with Crippen LogP contribution in [-0.4, -0.2) is 25.3 Å². The summed E-state index contributed by atoms with van der Waals surface area (Å²) >= 11 is 0. The minimum absolute atomic E-state index is 0.0905. The summed E-state index contributed by atoms with van der Waals surface area (Å²) in [7, 11) is 1.43. The number of benzene rings is 2. The average molecular weight is 414 g/mol. The molecule has 1 amide bonds. The zero-order valence-electron chi connectivity index (χ0n) is 17.3. The summed E-state index contributed by atoms with van der Waals surface area (Å²) in [6, 6.07) is 10.0. The number of hydrogen-bond donors (Lipinski definition) is 2. The fraction of sp³-hybridized carbons (Fsp3) is 0.435. The number of carbonyl (C=O) groups is 1. The maximum absolute atomic E-state index is 13.9. The lowest BCUT2D eigenvalue weighted by Crippen LogP contribution is -2.40. The third kappa shape index (κ3) is 4.36. The van der Waals surface area contributed by atoms with Gasteiger partial charge in [-0.1, -0.05) is 12.5 Å². The zero-order chi connectivity index (χ0) is 21.1. The Kier molecular flexibility index (Phi) is 5.81. The van der Waals surface area contributed by atoms with Crippen LogP contribution in [0.25, 0.3) is 0 Å². The van der Waals surface area contributed by atoms with Crippen molar-refractivity contribution in [3.05, 3.63) is 47.8 Å². The van der Waals surface area contributed by atoms with E-state index in [0.717, 1.165) is 37.0 Å². The van der Waals surface area contributed by atoms with Gasteiger partial charge in [0.1, 0.15) is 0 Å². The quantitative estimate of drug-likeness (QED) is 0.726. The molecule has 7 heteroatoms. The Bertz CT molecular complexity index is 927. The van der Waals surface area contributed by atoms with E-state index >= 15 is 0 Å². The van der Waals surface area contributed by atoms with Crippen molar-refractivity contribution in [3.63, 3.8) is 0 Å². The standard InChI is InChI=1S/C23H27FN2O4/c1-15(16-6-8-19(28-2)18(24)12-16)25-14-22(27)26-17-7-9-20-21(13-17)30-23(29-20)10-4-3-5-11-23/h6-9,12-13,15,25H,3-5,10-11,14H2,1-2H3,(H,26,27)/t15-/m1/s1. The molecule has 1 saturated carbocycles.